The number of para-hydroxylation sites is 2. The number of nitrogens with zero attached hydrogens (tertiary/aromatic N) is 3. The summed E-state index contributed by atoms with van der Waals surface area (Å²) in [6.07, 6.45) is 6.34. The first kappa shape index (κ1) is 30.2. The molecule has 2 unspecified atom stereocenters. The van der Waals surface area contributed by atoms with Gasteiger partial charge in [0.15, 0.2) is 0 Å². The minimum absolute atomic E-state index is 0. The van der Waals surface area contributed by atoms with Crippen molar-refractivity contribution in [2.24, 2.45) is 0 Å². The van der Waals surface area contributed by atoms with Crippen LogP contribution in [-0.4, -0.2) is 40.8 Å². The zero-order valence-electron chi connectivity index (χ0n) is 21.8. The van der Waals surface area contributed by atoms with Gasteiger partial charge in [-0.1, -0.05) is 83.3 Å². The molecule has 0 saturated heterocycles. The first-order chi connectivity index (χ1) is 16.6. The SMILES string of the molecule is CCCCN(c1cccc2c1N(N(CCCC)C(O)CCC)c1ccccc1S2)C(O)CCC.I. The molecule has 5 nitrogen and oxygen atoms in total. The van der Waals surface area contributed by atoms with E-state index in [1.165, 1.54) is 4.90 Å². The lowest BCUT2D eigenvalue weighted by molar-refractivity contribution is -0.00464. The summed E-state index contributed by atoms with van der Waals surface area (Å²) in [7, 11) is 0. The number of rotatable bonds is 14. The summed E-state index contributed by atoms with van der Waals surface area (Å²) in [6.45, 7) is 10.2. The van der Waals surface area contributed by atoms with Crippen LogP contribution in [0.25, 0.3) is 0 Å². The lowest BCUT2D eigenvalue weighted by Gasteiger charge is -2.45. The molecule has 2 N–H and O–H groups in total. The number of hydrazine groups is 1. The maximum atomic E-state index is 11.3. The summed E-state index contributed by atoms with van der Waals surface area (Å²) in [5, 5.41) is 26.9. The molecule has 1 aliphatic rings. The van der Waals surface area contributed by atoms with Gasteiger partial charge in [0.25, 0.3) is 0 Å². The van der Waals surface area contributed by atoms with E-state index in [0.717, 1.165) is 80.0 Å². The molecule has 1 heterocycles. The van der Waals surface area contributed by atoms with Crippen molar-refractivity contribution < 1.29 is 10.2 Å². The van der Waals surface area contributed by atoms with Gasteiger partial charge in [-0.2, -0.15) is 5.01 Å². The van der Waals surface area contributed by atoms with Crippen LogP contribution in [0.4, 0.5) is 17.1 Å². The van der Waals surface area contributed by atoms with Crippen molar-refractivity contribution in [3.05, 3.63) is 42.5 Å². The van der Waals surface area contributed by atoms with E-state index in [2.05, 4.69) is 85.1 Å². The van der Waals surface area contributed by atoms with Crippen molar-refractivity contribution in [1.82, 2.24) is 5.01 Å². The number of halogens is 1. The van der Waals surface area contributed by atoms with Crippen LogP contribution in [0.1, 0.15) is 79.1 Å². The fraction of sp³-hybridized carbons (Fsp3) is 0.571. The third kappa shape index (κ3) is 7.28. The van der Waals surface area contributed by atoms with E-state index in [-0.39, 0.29) is 24.0 Å². The lowest BCUT2D eigenvalue weighted by atomic mass is 10.1. The second kappa shape index (κ2) is 15.3. The molecule has 0 radical (unpaired) electrons. The van der Waals surface area contributed by atoms with E-state index in [9.17, 15) is 10.2 Å². The molecule has 196 valence electrons. The molecule has 2 aromatic rings. The quantitative estimate of drug-likeness (QED) is 0.168. The molecule has 3 rings (SSSR count). The van der Waals surface area contributed by atoms with Gasteiger partial charge in [0.05, 0.1) is 17.1 Å². The van der Waals surface area contributed by atoms with Crippen LogP contribution in [0.2, 0.25) is 0 Å². The van der Waals surface area contributed by atoms with Crippen molar-refractivity contribution in [3.8, 4) is 0 Å². The van der Waals surface area contributed by atoms with E-state index in [1.807, 2.05) is 0 Å². The van der Waals surface area contributed by atoms with Gasteiger partial charge in [0, 0.05) is 22.9 Å². The van der Waals surface area contributed by atoms with Gasteiger partial charge < -0.3 is 15.1 Å². The van der Waals surface area contributed by atoms with Gasteiger partial charge in [0.1, 0.15) is 12.5 Å². The van der Waals surface area contributed by atoms with Crippen LogP contribution < -0.4 is 9.91 Å². The number of hydrogen-bond donors (Lipinski definition) is 2. The summed E-state index contributed by atoms with van der Waals surface area (Å²) in [5.74, 6) is 0. The number of benzene rings is 2. The highest BCUT2D eigenvalue weighted by molar-refractivity contribution is 14.0. The fourth-order valence-electron chi connectivity index (χ4n) is 4.54. The van der Waals surface area contributed by atoms with Gasteiger partial charge in [-0.25, -0.2) is 0 Å². The minimum Gasteiger partial charge on any atom is -0.377 e. The molecular weight excluding hydrogens is 569 g/mol. The topological polar surface area (TPSA) is 50.2 Å². The molecular formula is C28H44IN3O2S. The van der Waals surface area contributed by atoms with Crippen LogP contribution in [0.3, 0.4) is 0 Å². The third-order valence-corrected chi connectivity index (χ3v) is 7.47. The summed E-state index contributed by atoms with van der Waals surface area (Å²) in [6, 6.07) is 14.9. The molecule has 2 atom stereocenters. The standard InChI is InChI=1S/C28H43N3O2S.HI/c1-5-9-20-29(26(32)14-7-3)23-17-13-19-25-28(23)31(22-16-11-12-18-24(22)34-25)30(21-10-6-2)27(33)15-8-4;/h11-13,16-19,26-27,32-33H,5-10,14-15,20-21H2,1-4H3;1H. The molecule has 0 amide bonds. The third-order valence-electron chi connectivity index (χ3n) is 6.36. The molecule has 0 saturated carbocycles. The van der Waals surface area contributed by atoms with Crippen LogP contribution >= 0.6 is 35.7 Å². The van der Waals surface area contributed by atoms with Crippen LogP contribution in [0, 0.1) is 0 Å². The summed E-state index contributed by atoms with van der Waals surface area (Å²) >= 11 is 1.77. The Balaban J connectivity index is 0.00000432. The number of unbranched alkanes of at least 4 members (excludes halogenated alkanes) is 2. The van der Waals surface area contributed by atoms with E-state index in [0.29, 0.717) is 6.42 Å². The first-order valence-corrected chi connectivity index (χ1v) is 14.0. The van der Waals surface area contributed by atoms with Gasteiger partial charge in [-0.3, -0.25) is 5.01 Å². The minimum atomic E-state index is -0.571. The van der Waals surface area contributed by atoms with E-state index >= 15 is 0 Å². The highest BCUT2D eigenvalue weighted by Crippen LogP contribution is 2.53. The first-order valence-electron chi connectivity index (χ1n) is 13.2. The Hall–Kier alpha value is -1.000. The van der Waals surface area contributed by atoms with Crippen molar-refractivity contribution in [2.45, 2.75) is 101 Å². The number of hydrogen-bond acceptors (Lipinski definition) is 6. The summed E-state index contributed by atoms with van der Waals surface area (Å²) in [5.41, 5.74) is 3.21. The molecule has 0 spiro atoms. The maximum absolute atomic E-state index is 11.3. The Morgan fingerprint density at radius 3 is 2.09 bits per heavy atom. The highest BCUT2D eigenvalue weighted by Gasteiger charge is 2.34. The normalized spacial score (nSPS) is 14.2. The second-order valence-corrected chi connectivity index (χ2v) is 10.2. The van der Waals surface area contributed by atoms with Crippen LogP contribution in [0.5, 0.6) is 0 Å². The predicted molar refractivity (Wildman–Crippen MR) is 160 cm³/mol. The largest absolute Gasteiger partial charge is 0.377 e. The summed E-state index contributed by atoms with van der Waals surface area (Å²) < 4.78 is 0. The Bertz CT molecular complexity index is 900. The number of anilines is 3. The Morgan fingerprint density at radius 1 is 0.771 bits per heavy atom. The molecule has 0 fully saturated rings. The van der Waals surface area contributed by atoms with Gasteiger partial charge in [0.2, 0.25) is 0 Å². The van der Waals surface area contributed by atoms with Gasteiger partial charge in [-0.15, -0.1) is 24.0 Å². The average molecular weight is 614 g/mol. The molecule has 0 bridgehead atoms. The van der Waals surface area contributed by atoms with Gasteiger partial charge in [-0.05, 0) is 49.9 Å². The van der Waals surface area contributed by atoms with E-state index in [4.69, 9.17) is 0 Å². The van der Waals surface area contributed by atoms with Crippen molar-refractivity contribution in [3.63, 3.8) is 0 Å². The fourth-order valence-corrected chi connectivity index (χ4v) is 5.62. The molecule has 2 aromatic carbocycles. The van der Waals surface area contributed by atoms with Crippen molar-refractivity contribution >= 4 is 52.8 Å². The predicted octanol–water partition coefficient (Wildman–Crippen LogP) is 7.77. The zero-order chi connectivity index (χ0) is 24.5. The Morgan fingerprint density at radius 2 is 1.40 bits per heavy atom. The van der Waals surface area contributed by atoms with Crippen LogP contribution in [-0.2, 0) is 0 Å². The average Bonchev–Trinajstić information content (AvgIpc) is 2.84. The molecule has 0 aliphatic carbocycles. The van der Waals surface area contributed by atoms with Crippen molar-refractivity contribution in [1.29, 1.82) is 0 Å². The molecule has 7 heteroatoms. The lowest BCUT2D eigenvalue weighted by Crippen LogP contribution is -2.49. The number of fused-ring (bicyclic) bond motifs is 2. The Labute approximate surface area is 233 Å². The molecule has 1 aliphatic heterocycles. The second-order valence-electron chi connectivity index (χ2n) is 9.11. The van der Waals surface area contributed by atoms with Crippen molar-refractivity contribution in [2.75, 3.05) is 23.0 Å². The zero-order valence-corrected chi connectivity index (χ0v) is 25.0. The highest BCUT2D eigenvalue weighted by atomic mass is 127. The van der Waals surface area contributed by atoms with E-state index in [1.54, 1.807) is 11.8 Å². The Kier molecular flexibility index (Phi) is 13.2. The molecule has 35 heavy (non-hydrogen) atoms. The van der Waals surface area contributed by atoms with Gasteiger partial charge >= 0.3 is 0 Å². The van der Waals surface area contributed by atoms with Crippen LogP contribution in [0.15, 0.2) is 52.3 Å². The number of aliphatic hydroxyl groups is 2. The monoisotopic (exact) mass is 613 g/mol. The number of aliphatic hydroxyl groups excluding tert-OH is 2. The summed E-state index contributed by atoms with van der Waals surface area (Å²) in [4.78, 5) is 4.52. The smallest absolute Gasteiger partial charge is 0.126 e. The van der Waals surface area contributed by atoms with E-state index < -0.39 is 12.5 Å². The molecule has 0 aromatic heterocycles. The maximum Gasteiger partial charge on any atom is 0.126 e.